The molecule has 0 aliphatic rings. The van der Waals surface area contributed by atoms with Crippen molar-refractivity contribution >= 4 is 23.2 Å². The van der Waals surface area contributed by atoms with Gasteiger partial charge in [-0.25, -0.2) is 4.98 Å². The predicted octanol–water partition coefficient (Wildman–Crippen LogP) is 2.80. The average Bonchev–Trinajstić information content (AvgIpc) is 2.97. The number of nitrogens with one attached hydrogen (secondary N) is 1. The van der Waals surface area contributed by atoms with Crippen LogP contribution < -0.4 is 10.1 Å². The van der Waals surface area contributed by atoms with E-state index >= 15 is 0 Å². The van der Waals surface area contributed by atoms with Crippen molar-refractivity contribution < 1.29 is 9.53 Å². The van der Waals surface area contributed by atoms with Gasteiger partial charge in [0.05, 0.1) is 6.54 Å². The van der Waals surface area contributed by atoms with Crippen molar-refractivity contribution in [3.05, 3.63) is 65.6 Å². The van der Waals surface area contributed by atoms with Gasteiger partial charge in [0.1, 0.15) is 23.7 Å². The number of nitrogens with zero attached hydrogens (tertiary/aromatic N) is 2. The Labute approximate surface area is 132 Å². The zero-order chi connectivity index (χ0) is 15.4. The molecule has 1 amide bonds. The first kappa shape index (κ1) is 14.4. The van der Waals surface area contributed by atoms with Gasteiger partial charge in [-0.2, -0.15) is 0 Å². The maximum Gasteiger partial charge on any atom is 0.271 e. The molecule has 0 bridgehead atoms. The minimum absolute atomic E-state index is 0.219. The van der Waals surface area contributed by atoms with Gasteiger partial charge in [-0.05, 0) is 36.4 Å². The molecule has 0 saturated carbocycles. The number of carbonyl (C=O) groups is 1. The molecule has 0 radical (unpaired) electrons. The van der Waals surface area contributed by atoms with Gasteiger partial charge in [-0.1, -0.05) is 17.7 Å². The minimum atomic E-state index is -0.219. The van der Waals surface area contributed by atoms with Crippen LogP contribution in [0.2, 0.25) is 5.02 Å². The van der Waals surface area contributed by atoms with Gasteiger partial charge in [0.25, 0.3) is 5.91 Å². The number of hydrogen-bond donors (Lipinski definition) is 1. The summed E-state index contributed by atoms with van der Waals surface area (Å²) in [5.74, 6) is 0.495. The van der Waals surface area contributed by atoms with E-state index in [0.29, 0.717) is 29.6 Å². The molecular formula is C16H14ClN3O2. The van der Waals surface area contributed by atoms with Crippen LogP contribution in [0.25, 0.3) is 5.65 Å². The molecule has 3 rings (SSSR count). The molecule has 112 valence electrons. The number of rotatable bonds is 5. The number of pyridine rings is 1. The summed E-state index contributed by atoms with van der Waals surface area (Å²) in [6.07, 6.45) is 3.55. The maximum absolute atomic E-state index is 12.0. The van der Waals surface area contributed by atoms with E-state index in [1.165, 1.54) is 0 Å². The van der Waals surface area contributed by atoms with Crippen molar-refractivity contribution in [2.45, 2.75) is 0 Å². The monoisotopic (exact) mass is 315 g/mol. The summed E-state index contributed by atoms with van der Waals surface area (Å²) in [5.41, 5.74) is 1.13. The first-order chi connectivity index (χ1) is 10.7. The second kappa shape index (κ2) is 6.49. The van der Waals surface area contributed by atoms with Crippen molar-refractivity contribution in [2.75, 3.05) is 13.2 Å². The lowest BCUT2D eigenvalue weighted by atomic mass is 10.3. The van der Waals surface area contributed by atoms with Gasteiger partial charge in [0, 0.05) is 17.4 Å². The van der Waals surface area contributed by atoms with Crippen LogP contribution in [0.4, 0.5) is 0 Å². The lowest BCUT2D eigenvalue weighted by molar-refractivity contribution is 0.0942. The number of imidazole rings is 1. The van der Waals surface area contributed by atoms with Gasteiger partial charge in [0.15, 0.2) is 0 Å². The lowest BCUT2D eigenvalue weighted by Crippen LogP contribution is -2.28. The van der Waals surface area contributed by atoms with Crippen LogP contribution in [0.15, 0.2) is 54.9 Å². The van der Waals surface area contributed by atoms with Crippen molar-refractivity contribution in [1.82, 2.24) is 14.7 Å². The summed E-state index contributed by atoms with van der Waals surface area (Å²) >= 11 is 5.79. The molecule has 3 aromatic rings. The molecule has 6 heteroatoms. The fourth-order valence-electron chi connectivity index (χ4n) is 2.00. The molecular weight excluding hydrogens is 302 g/mol. The number of halogens is 1. The molecule has 0 fully saturated rings. The third kappa shape index (κ3) is 3.38. The van der Waals surface area contributed by atoms with Gasteiger partial charge < -0.3 is 14.5 Å². The van der Waals surface area contributed by atoms with E-state index in [4.69, 9.17) is 16.3 Å². The van der Waals surface area contributed by atoms with Gasteiger partial charge >= 0.3 is 0 Å². The van der Waals surface area contributed by atoms with E-state index in [1.807, 2.05) is 24.4 Å². The maximum atomic E-state index is 12.0. The summed E-state index contributed by atoms with van der Waals surface area (Å²) in [4.78, 5) is 16.3. The van der Waals surface area contributed by atoms with E-state index in [9.17, 15) is 4.79 Å². The Morgan fingerprint density at radius 1 is 1.23 bits per heavy atom. The molecule has 0 unspecified atom stereocenters. The quantitative estimate of drug-likeness (QED) is 0.737. The molecule has 1 N–H and O–H groups in total. The van der Waals surface area contributed by atoms with E-state index in [-0.39, 0.29) is 5.91 Å². The first-order valence-corrected chi connectivity index (χ1v) is 7.20. The fourth-order valence-corrected chi connectivity index (χ4v) is 2.12. The SMILES string of the molecule is O=C(NCCOc1ccc(Cl)cc1)c1cn2ccccc2n1. The molecule has 0 aliphatic heterocycles. The van der Waals surface area contributed by atoms with Crippen LogP contribution in [-0.2, 0) is 0 Å². The smallest absolute Gasteiger partial charge is 0.271 e. The molecule has 0 spiro atoms. The molecule has 1 aromatic carbocycles. The molecule has 0 saturated heterocycles. The van der Waals surface area contributed by atoms with Gasteiger partial charge in [-0.3, -0.25) is 4.79 Å². The van der Waals surface area contributed by atoms with Crippen LogP contribution in [0, 0.1) is 0 Å². The summed E-state index contributed by atoms with van der Waals surface area (Å²) < 4.78 is 7.31. The number of benzene rings is 1. The highest BCUT2D eigenvalue weighted by Crippen LogP contribution is 2.15. The van der Waals surface area contributed by atoms with Crippen molar-refractivity contribution in [2.24, 2.45) is 0 Å². The Balaban J connectivity index is 1.50. The number of hydrogen-bond acceptors (Lipinski definition) is 3. The van der Waals surface area contributed by atoms with Crippen LogP contribution in [0.5, 0.6) is 5.75 Å². The highest BCUT2D eigenvalue weighted by Gasteiger charge is 2.09. The molecule has 2 aromatic heterocycles. The number of amides is 1. The average molecular weight is 316 g/mol. The molecule has 0 aliphatic carbocycles. The largest absolute Gasteiger partial charge is 0.492 e. The zero-order valence-electron chi connectivity index (χ0n) is 11.7. The number of fused-ring (bicyclic) bond motifs is 1. The second-order valence-corrected chi connectivity index (χ2v) is 5.09. The highest BCUT2D eigenvalue weighted by atomic mass is 35.5. The van der Waals surface area contributed by atoms with Crippen molar-refractivity contribution in [1.29, 1.82) is 0 Å². The number of ether oxygens (including phenoxy) is 1. The summed E-state index contributed by atoms with van der Waals surface area (Å²) in [7, 11) is 0. The number of aromatic nitrogens is 2. The van der Waals surface area contributed by atoms with Crippen LogP contribution >= 0.6 is 11.6 Å². The molecule has 22 heavy (non-hydrogen) atoms. The third-order valence-corrected chi connectivity index (χ3v) is 3.32. The Morgan fingerprint density at radius 2 is 2.05 bits per heavy atom. The Bertz CT molecular complexity index is 750. The van der Waals surface area contributed by atoms with Crippen LogP contribution in [-0.4, -0.2) is 28.4 Å². The third-order valence-electron chi connectivity index (χ3n) is 3.07. The van der Waals surface area contributed by atoms with Crippen molar-refractivity contribution in [3.8, 4) is 5.75 Å². The second-order valence-electron chi connectivity index (χ2n) is 4.65. The Kier molecular flexibility index (Phi) is 4.25. The Morgan fingerprint density at radius 3 is 2.82 bits per heavy atom. The van der Waals surface area contributed by atoms with Gasteiger partial charge in [-0.15, -0.1) is 0 Å². The number of carbonyl (C=O) groups excluding carboxylic acids is 1. The van der Waals surface area contributed by atoms with E-state index in [2.05, 4.69) is 10.3 Å². The summed E-state index contributed by atoms with van der Waals surface area (Å²) in [6.45, 7) is 0.774. The normalized spacial score (nSPS) is 10.6. The summed E-state index contributed by atoms with van der Waals surface area (Å²) in [5, 5.41) is 3.44. The first-order valence-electron chi connectivity index (χ1n) is 6.83. The van der Waals surface area contributed by atoms with Gasteiger partial charge in [0.2, 0.25) is 0 Å². The minimum Gasteiger partial charge on any atom is -0.492 e. The Hall–Kier alpha value is -2.53. The zero-order valence-corrected chi connectivity index (χ0v) is 12.5. The molecule has 5 nitrogen and oxygen atoms in total. The lowest BCUT2D eigenvalue weighted by Gasteiger charge is -2.06. The summed E-state index contributed by atoms with van der Waals surface area (Å²) in [6, 6.07) is 12.7. The van der Waals surface area contributed by atoms with Crippen LogP contribution in [0.1, 0.15) is 10.5 Å². The predicted molar refractivity (Wildman–Crippen MR) is 84.5 cm³/mol. The van der Waals surface area contributed by atoms with E-state index in [0.717, 1.165) is 5.65 Å². The highest BCUT2D eigenvalue weighted by molar-refractivity contribution is 6.30. The van der Waals surface area contributed by atoms with E-state index < -0.39 is 0 Å². The standard InChI is InChI=1S/C16H14ClN3O2/c17-12-4-6-13(7-5-12)22-10-8-18-16(21)14-11-20-9-2-1-3-15(20)19-14/h1-7,9,11H,8,10H2,(H,18,21). The topological polar surface area (TPSA) is 55.6 Å². The van der Waals surface area contributed by atoms with E-state index in [1.54, 1.807) is 34.9 Å². The van der Waals surface area contributed by atoms with Crippen molar-refractivity contribution in [3.63, 3.8) is 0 Å². The molecule has 2 heterocycles. The molecule has 0 atom stereocenters. The fraction of sp³-hybridized carbons (Fsp3) is 0.125. The van der Waals surface area contributed by atoms with Crippen LogP contribution in [0.3, 0.4) is 0 Å².